The van der Waals surface area contributed by atoms with E-state index in [1.807, 2.05) is 43.0 Å². The zero-order valence-corrected chi connectivity index (χ0v) is 35.3. The number of piperazine rings is 1. The van der Waals surface area contributed by atoms with Gasteiger partial charge in [0.15, 0.2) is 0 Å². The Morgan fingerprint density at radius 2 is 1.49 bits per heavy atom. The van der Waals surface area contributed by atoms with Gasteiger partial charge in [-0.3, -0.25) is 19.6 Å². The fraction of sp³-hybridized carbons (Fsp3) is 0.462. The molecule has 0 spiro atoms. The van der Waals surface area contributed by atoms with Crippen molar-refractivity contribution in [2.24, 2.45) is 4.99 Å². The number of amidine groups is 1. The molecule has 2 aliphatic heterocycles. The van der Waals surface area contributed by atoms with Crippen molar-refractivity contribution in [3.05, 3.63) is 92.4 Å². The average Bonchev–Trinajstić information content (AvgIpc) is 3.35. The highest BCUT2D eigenvalue weighted by molar-refractivity contribution is 7.89. The van der Waals surface area contributed by atoms with Crippen LogP contribution in [0.15, 0.2) is 70.6 Å². The summed E-state index contributed by atoms with van der Waals surface area (Å²) in [5.41, 5.74) is -1.49. The number of hydrogen-bond donors (Lipinski definition) is 2. The summed E-state index contributed by atoms with van der Waals surface area (Å²) < 4.78 is 41.6. The Kier molecular flexibility index (Phi) is 13.2. The number of methoxy groups -OCH3 is 1. The lowest BCUT2D eigenvalue weighted by Crippen LogP contribution is -2.61. The van der Waals surface area contributed by atoms with Gasteiger partial charge in [-0.2, -0.15) is 0 Å². The monoisotopic (exact) mass is 834 g/mol. The lowest BCUT2D eigenvalue weighted by atomic mass is 9.71. The summed E-state index contributed by atoms with van der Waals surface area (Å²) in [6, 6.07) is 17.1. The number of halogens is 3. The molecule has 0 saturated carbocycles. The van der Waals surface area contributed by atoms with Crippen LogP contribution >= 0.6 is 34.8 Å². The van der Waals surface area contributed by atoms with E-state index < -0.39 is 26.6 Å². The molecule has 2 atom stereocenters. The molecule has 1 saturated heterocycles. The van der Waals surface area contributed by atoms with Crippen LogP contribution in [0.25, 0.3) is 0 Å². The molecule has 16 heteroatoms. The summed E-state index contributed by atoms with van der Waals surface area (Å²) >= 11 is 19.5. The summed E-state index contributed by atoms with van der Waals surface area (Å²) in [6.45, 7) is 13.6. The van der Waals surface area contributed by atoms with E-state index in [2.05, 4.69) is 10.0 Å². The SMILES string of the molecule is CCOc1cc(Cl)c(S(=O)(=O)NC(C)(C)C)cc1C1=N[C@@](C)(c2ccc(Cl)cc2)[C@@](C)(c2ccc(Cl)cc2)N1C(=O)N1CCN(CC(=O)NCCOC)CC1. The van der Waals surface area contributed by atoms with Crippen LogP contribution in [0.5, 0.6) is 5.75 Å². The number of aliphatic imine (C=N–C) groups is 1. The van der Waals surface area contributed by atoms with Gasteiger partial charge in [0.1, 0.15) is 27.6 Å². The second-order valence-electron chi connectivity index (χ2n) is 14.9. The summed E-state index contributed by atoms with van der Waals surface area (Å²) in [5, 5.41) is 3.83. The number of hydrogen-bond acceptors (Lipinski definition) is 8. The van der Waals surface area contributed by atoms with Crippen LogP contribution in [0, 0.1) is 0 Å². The summed E-state index contributed by atoms with van der Waals surface area (Å²) in [5.74, 6) is 0.312. The number of ether oxygens (including phenoxy) is 2. The molecule has 0 radical (unpaired) electrons. The van der Waals surface area contributed by atoms with Gasteiger partial charge in [-0.1, -0.05) is 59.1 Å². The number of carbonyl (C=O) groups is 2. The second kappa shape index (κ2) is 17.0. The Bertz CT molecular complexity index is 2020. The third kappa shape index (κ3) is 9.09. The van der Waals surface area contributed by atoms with E-state index in [0.29, 0.717) is 49.4 Å². The molecule has 0 aliphatic carbocycles. The maximum Gasteiger partial charge on any atom is 0.326 e. The van der Waals surface area contributed by atoms with Crippen molar-refractivity contribution in [1.82, 2.24) is 24.7 Å². The molecule has 3 amide bonds. The van der Waals surface area contributed by atoms with Crippen LogP contribution in [-0.2, 0) is 30.6 Å². The van der Waals surface area contributed by atoms with E-state index >= 15 is 4.79 Å². The number of benzene rings is 3. The summed E-state index contributed by atoms with van der Waals surface area (Å²) in [6.07, 6.45) is 0. The number of carbonyl (C=O) groups excluding carboxylic acids is 2. The largest absolute Gasteiger partial charge is 0.493 e. The number of nitrogens with zero attached hydrogens (tertiary/aromatic N) is 4. The van der Waals surface area contributed by atoms with E-state index in [1.165, 1.54) is 12.1 Å². The zero-order valence-electron chi connectivity index (χ0n) is 32.2. The first-order chi connectivity index (χ1) is 25.8. The lowest BCUT2D eigenvalue weighted by Gasteiger charge is -2.47. The van der Waals surface area contributed by atoms with E-state index in [1.54, 1.807) is 68.9 Å². The number of nitrogens with one attached hydrogen (secondary N) is 2. The Hall–Kier alpha value is -3.43. The van der Waals surface area contributed by atoms with Crippen LogP contribution in [0.1, 0.15) is 58.2 Å². The predicted molar refractivity (Wildman–Crippen MR) is 217 cm³/mol. The highest BCUT2D eigenvalue weighted by atomic mass is 35.5. The van der Waals surface area contributed by atoms with Crippen molar-refractivity contribution in [3.8, 4) is 5.75 Å². The van der Waals surface area contributed by atoms with Crippen molar-refractivity contribution in [2.75, 3.05) is 59.6 Å². The van der Waals surface area contributed by atoms with E-state index in [-0.39, 0.29) is 52.2 Å². The van der Waals surface area contributed by atoms with Gasteiger partial charge in [-0.05, 0) is 83.0 Å². The molecule has 2 N–H and O–H groups in total. The maximum absolute atomic E-state index is 15.3. The molecule has 0 unspecified atom stereocenters. The molecule has 2 heterocycles. The Morgan fingerprint density at radius 1 is 0.909 bits per heavy atom. The molecule has 2 aliphatic rings. The van der Waals surface area contributed by atoms with E-state index in [0.717, 1.165) is 11.1 Å². The Morgan fingerprint density at radius 3 is 2.04 bits per heavy atom. The third-order valence-corrected chi connectivity index (χ3v) is 12.6. The molecule has 0 bridgehead atoms. The van der Waals surface area contributed by atoms with E-state index in [4.69, 9.17) is 49.3 Å². The molecule has 55 heavy (non-hydrogen) atoms. The van der Waals surface area contributed by atoms with Crippen molar-refractivity contribution < 1.29 is 27.5 Å². The molecule has 3 aromatic carbocycles. The number of sulfonamides is 1. The highest BCUT2D eigenvalue weighted by Gasteiger charge is 2.60. The first-order valence-corrected chi connectivity index (χ1v) is 20.7. The van der Waals surface area contributed by atoms with E-state index in [9.17, 15) is 13.2 Å². The quantitative estimate of drug-likeness (QED) is 0.199. The van der Waals surface area contributed by atoms with Crippen molar-refractivity contribution in [1.29, 1.82) is 0 Å². The van der Waals surface area contributed by atoms with Crippen molar-refractivity contribution >= 4 is 62.6 Å². The van der Waals surface area contributed by atoms with Crippen LogP contribution in [0.2, 0.25) is 15.1 Å². The van der Waals surface area contributed by atoms with Crippen molar-refractivity contribution in [2.45, 2.75) is 63.1 Å². The van der Waals surface area contributed by atoms with Gasteiger partial charge < -0.3 is 19.7 Å². The molecule has 1 fully saturated rings. The molecule has 12 nitrogen and oxygen atoms in total. The molecular formula is C39H49Cl3N6O6S. The Labute approximate surface area is 339 Å². The molecule has 5 rings (SSSR count). The summed E-state index contributed by atoms with van der Waals surface area (Å²) in [7, 11) is -2.59. The first-order valence-electron chi connectivity index (χ1n) is 18.0. The number of amides is 3. The van der Waals surface area contributed by atoms with Gasteiger partial charge in [0.2, 0.25) is 15.9 Å². The topological polar surface area (TPSA) is 133 Å². The third-order valence-electron chi connectivity index (χ3n) is 9.88. The average molecular weight is 836 g/mol. The van der Waals surface area contributed by atoms with Crippen LogP contribution in [0.4, 0.5) is 4.79 Å². The smallest absolute Gasteiger partial charge is 0.326 e. The maximum atomic E-state index is 15.3. The standard InChI is InChI=1S/C39H49Cl3N6O6S/c1-8-54-32-24-31(42)33(55(51,52)45-37(2,3)4)23-30(32)35-44-38(5,26-9-13-28(40)14-10-26)39(6,27-11-15-29(41)16-12-27)48(35)36(50)47-20-18-46(19-21-47)25-34(49)43-17-22-53-7/h9-16,23-24,45H,8,17-22,25H2,1-7H3,(H,43,49)/t38-,39+/m0/s1. The predicted octanol–water partition coefficient (Wildman–Crippen LogP) is 6.52. The first kappa shape index (κ1) is 42.7. The Balaban J connectivity index is 1.70. The highest BCUT2D eigenvalue weighted by Crippen LogP contribution is 2.54. The lowest BCUT2D eigenvalue weighted by molar-refractivity contribution is -0.122. The minimum Gasteiger partial charge on any atom is -0.493 e. The molecule has 298 valence electrons. The van der Waals surface area contributed by atoms with Crippen molar-refractivity contribution in [3.63, 3.8) is 0 Å². The minimum atomic E-state index is -4.17. The van der Waals surface area contributed by atoms with Gasteiger partial charge in [-0.15, -0.1) is 0 Å². The normalized spacial score (nSPS) is 20.7. The van der Waals surface area contributed by atoms with Gasteiger partial charge in [0.25, 0.3) is 0 Å². The van der Waals surface area contributed by atoms with Gasteiger partial charge in [-0.25, -0.2) is 17.9 Å². The van der Waals surface area contributed by atoms with Gasteiger partial charge in [0, 0.05) is 61.5 Å². The van der Waals surface area contributed by atoms with Gasteiger partial charge in [0.05, 0.1) is 30.3 Å². The van der Waals surface area contributed by atoms with Crippen LogP contribution < -0.4 is 14.8 Å². The number of rotatable bonds is 12. The van der Waals surface area contributed by atoms with Gasteiger partial charge >= 0.3 is 6.03 Å². The molecule has 3 aromatic rings. The minimum absolute atomic E-state index is 0.0521. The number of urea groups is 1. The zero-order chi connectivity index (χ0) is 40.3. The van der Waals surface area contributed by atoms with Crippen LogP contribution in [-0.4, -0.2) is 106 Å². The fourth-order valence-electron chi connectivity index (χ4n) is 7.01. The summed E-state index contributed by atoms with van der Waals surface area (Å²) in [4.78, 5) is 38.5. The molecular weight excluding hydrogens is 787 g/mol. The van der Waals surface area contributed by atoms with Crippen LogP contribution in [0.3, 0.4) is 0 Å². The fourth-order valence-corrected chi connectivity index (χ4v) is 9.22. The second-order valence-corrected chi connectivity index (χ2v) is 17.8. The molecule has 0 aromatic heterocycles.